The predicted octanol–water partition coefficient (Wildman–Crippen LogP) is 2.59. The smallest absolute Gasteiger partial charge is 0.321 e. The van der Waals surface area contributed by atoms with Gasteiger partial charge in [-0.15, -0.1) is 0 Å². The molecule has 2 atom stereocenters. The Morgan fingerprint density at radius 2 is 1.93 bits per heavy atom. The highest BCUT2D eigenvalue weighted by Gasteiger charge is 2.43. The molecule has 1 amide bonds. The van der Waals surface area contributed by atoms with Gasteiger partial charge in [0.2, 0.25) is 11.9 Å². The van der Waals surface area contributed by atoms with Gasteiger partial charge in [0.1, 0.15) is 11.9 Å². The number of carbonyl (C=O) groups excluding carboxylic acids is 2. The van der Waals surface area contributed by atoms with Gasteiger partial charge in [0, 0.05) is 18.7 Å². The molecule has 2 heterocycles. The van der Waals surface area contributed by atoms with Crippen LogP contribution in [0.15, 0.2) is 53.5 Å². The summed E-state index contributed by atoms with van der Waals surface area (Å²) < 4.78 is 19.6. The fourth-order valence-corrected chi connectivity index (χ4v) is 3.84. The molecule has 0 saturated carbocycles. The van der Waals surface area contributed by atoms with Gasteiger partial charge in [-0.25, -0.2) is 9.38 Å². The van der Waals surface area contributed by atoms with Gasteiger partial charge in [0.25, 0.3) is 0 Å². The van der Waals surface area contributed by atoms with Crippen molar-refractivity contribution in [2.75, 3.05) is 13.2 Å². The summed E-state index contributed by atoms with van der Waals surface area (Å²) in [6, 6.07) is 13.2. The van der Waals surface area contributed by atoms with Gasteiger partial charge < -0.3 is 9.64 Å². The number of aliphatic imine (C=N–C) groups is 1. The maximum Gasteiger partial charge on any atom is 0.321 e. The highest BCUT2D eigenvalue weighted by atomic mass is 19.1. The minimum atomic E-state index is -1.23. The standard InChI is InChI=1S/C22H22FN3O3/c1-2-29-21(28)18-19(16-9-5-6-10-17(16)23)24-22(25-20(18)27)26-12-11-14-7-3-4-8-15(14)13-26/h3-10,18-19H,2,11-13H2,1H3,(H,24,25,27)/t18-,19+/m0/s1. The number of fused-ring (bicyclic) bond motifs is 1. The number of nitrogens with one attached hydrogen (secondary N) is 1. The van der Waals surface area contributed by atoms with Gasteiger partial charge in [-0.05, 0) is 30.5 Å². The lowest BCUT2D eigenvalue weighted by Gasteiger charge is -2.36. The van der Waals surface area contributed by atoms with Crippen LogP contribution in [0.25, 0.3) is 0 Å². The van der Waals surface area contributed by atoms with Crippen LogP contribution in [0.4, 0.5) is 4.39 Å². The van der Waals surface area contributed by atoms with Crippen LogP contribution in [-0.2, 0) is 27.3 Å². The highest BCUT2D eigenvalue weighted by molar-refractivity contribution is 6.08. The number of nitrogens with zero attached hydrogens (tertiary/aromatic N) is 2. The van der Waals surface area contributed by atoms with Gasteiger partial charge in [0.05, 0.1) is 6.61 Å². The van der Waals surface area contributed by atoms with Crippen LogP contribution in [-0.4, -0.2) is 35.9 Å². The van der Waals surface area contributed by atoms with Gasteiger partial charge in [0.15, 0.2) is 5.92 Å². The van der Waals surface area contributed by atoms with Gasteiger partial charge >= 0.3 is 5.97 Å². The van der Waals surface area contributed by atoms with E-state index in [1.807, 2.05) is 23.1 Å². The van der Waals surface area contributed by atoms with Crippen molar-refractivity contribution >= 4 is 17.8 Å². The number of amides is 1. The number of carbonyl (C=O) groups is 2. The molecule has 0 aliphatic carbocycles. The lowest BCUT2D eigenvalue weighted by molar-refractivity contribution is -0.153. The summed E-state index contributed by atoms with van der Waals surface area (Å²) in [7, 11) is 0. The SMILES string of the molecule is CCOC(=O)[C@@H]1C(=O)NC(N2CCc3ccccc3C2)=N[C@@H]1c1ccccc1F. The molecule has 1 N–H and O–H groups in total. The van der Waals surface area contributed by atoms with E-state index in [0.29, 0.717) is 19.0 Å². The molecule has 0 aromatic heterocycles. The molecule has 7 heteroatoms. The maximum absolute atomic E-state index is 14.5. The predicted molar refractivity (Wildman–Crippen MR) is 105 cm³/mol. The van der Waals surface area contributed by atoms with Gasteiger partial charge in [-0.1, -0.05) is 42.5 Å². The molecule has 2 aromatic rings. The first-order chi connectivity index (χ1) is 14.1. The van der Waals surface area contributed by atoms with Crippen LogP contribution in [0, 0.1) is 11.7 Å². The summed E-state index contributed by atoms with van der Waals surface area (Å²) in [4.78, 5) is 31.9. The third-order valence-corrected chi connectivity index (χ3v) is 5.29. The minimum Gasteiger partial charge on any atom is -0.465 e. The third kappa shape index (κ3) is 3.72. The Morgan fingerprint density at radius 3 is 2.69 bits per heavy atom. The Kier molecular flexibility index (Phi) is 5.29. The van der Waals surface area contributed by atoms with Crippen molar-refractivity contribution in [3.63, 3.8) is 0 Å². The second-order valence-corrected chi connectivity index (χ2v) is 7.08. The largest absolute Gasteiger partial charge is 0.465 e. The molecule has 0 bridgehead atoms. The first-order valence-corrected chi connectivity index (χ1v) is 9.70. The summed E-state index contributed by atoms with van der Waals surface area (Å²) in [5, 5.41) is 2.74. The van der Waals surface area contributed by atoms with Crippen molar-refractivity contribution in [2.45, 2.75) is 25.9 Å². The zero-order chi connectivity index (χ0) is 20.4. The summed E-state index contributed by atoms with van der Waals surface area (Å²) in [6.45, 7) is 3.05. The van der Waals surface area contributed by atoms with Crippen molar-refractivity contribution < 1.29 is 18.7 Å². The van der Waals surface area contributed by atoms with E-state index in [1.54, 1.807) is 25.1 Å². The lowest BCUT2D eigenvalue weighted by atomic mass is 9.91. The number of halogens is 1. The number of ether oxygens (including phenoxy) is 1. The van der Waals surface area contributed by atoms with E-state index in [4.69, 9.17) is 4.74 Å². The summed E-state index contributed by atoms with van der Waals surface area (Å²) >= 11 is 0. The summed E-state index contributed by atoms with van der Waals surface area (Å²) in [5.74, 6) is -2.61. The third-order valence-electron chi connectivity index (χ3n) is 5.29. The fourth-order valence-electron chi connectivity index (χ4n) is 3.84. The number of hydrogen-bond acceptors (Lipinski definition) is 5. The van der Waals surface area contributed by atoms with Crippen LogP contribution < -0.4 is 5.32 Å². The monoisotopic (exact) mass is 395 g/mol. The average molecular weight is 395 g/mol. The zero-order valence-corrected chi connectivity index (χ0v) is 16.1. The van der Waals surface area contributed by atoms with Crippen molar-refractivity contribution in [2.24, 2.45) is 10.9 Å². The molecule has 6 nitrogen and oxygen atoms in total. The Balaban J connectivity index is 1.70. The molecule has 150 valence electrons. The number of benzene rings is 2. The fraction of sp³-hybridized carbons (Fsp3) is 0.318. The van der Waals surface area contributed by atoms with E-state index in [1.165, 1.54) is 11.6 Å². The van der Waals surface area contributed by atoms with Gasteiger partial charge in [-0.3, -0.25) is 14.9 Å². The molecular weight excluding hydrogens is 373 g/mol. The Morgan fingerprint density at radius 1 is 1.21 bits per heavy atom. The van der Waals surface area contributed by atoms with E-state index in [2.05, 4.69) is 16.4 Å². The van der Waals surface area contributed by atoms with Crippen LogP contribution >= 0.6 is 0 Å². The topological polar surface area (TPSA) is 71.0 Å². The van der Waals surface area contributed by atoms with Crippen molar-refractivity contribution in [1.82, 2.24) is 10.2 Å². The highest BCUT2D eigenvalue weighted by Crippen LogP contribution is 2.33. The molecule has 2 aliphatic heterocycles. The molecule has 2 aliphatic rings. The molecule has 0 radical (unpaired) electrons. The number of rotatable bonds is 3. The second kappa shape index (κ2) is 8.03. The Labute approximate surface area is 168 Å². The minimum absolute atomic E-state index is 0.131. The quantitative estimate of drug-likeness (QED) is 0.641. The normalized spacial score (nSPS) is 21.1. The molecule has 29 heavy (non-hydrogen) atoms. The van der Waals surface area contributed by atoms with Crippen LogP contribution in [0.3, 0.4) is 0 Å². The van der Waals surface area contributed by atoms with Crippen molar-refractivity contribution in [1.29, 1.82) is 0 Å². The molecular formula is C22H22FN3O3. The molecule has 0 saturated heterocycles. The Hall–Kier alpha value is -3.22. The first kappa shape index (κ1) is 19.1. The summed E-state index contributed by atoms with van der Waals surface area (Å²) in [5.41, 5.74) is 2.63. The Bertz CT molecular complexity index is 975. The lowest BCUT2D eigenvalue weighted by Crippen LogP contribution is -2.53. The zero-order valence-electron chi connectivity index (χ0n) is 16.1. The molecule has 4 rings (SSSR count). The number of hydrogen-bond donors (Lipinski definition) is 1. The van der Waals surface area contributed by atoms with E-state index >= 15 is 0 Å². The molecule has 0 unspecified atom stereocenters. The van der Waals surface area contributed by atoms with Gasteiger partial charge in [-0.2, -0.15) is 0 Å². The van der Waals surface area contributed by atoms with Crippen molar-refractivity contribution in [3.8, 4) is 0 Å². The summed E-state index contributed by atoms with van der Waals surface area (Å²) in [6.07, 6.45) is 0.816. The molecule has 0 spiro atoms. The second-order valence-electron chi connectivity index (χ2n) is 7.08. The number of guanidine groups is 1. The van der Waals surface area contributed by atoms with Crippen LogP contribution in [0.2, 0.25) is 0 Å². The van der Waals surface area contributed by atoms with E-state index in [-0.39, 0.29) is 12.2 Å². The van der Waals surface area contributed by atoms with Crippen LogP contribution in [0.1, 0.15) is 29.7 Å². The first-order valence-electron chi connectivity index (χ1n) is 9.70. The number of esters is 1. The average Bonchev–Trinajstić information content (AvgIpc) is 2.73. The molecule has 0 fully saturated rings. The van der Waals surface area contributed by atoms with E-state index in [0.717, 1.165) is 12.0 Å². The van der Waals surface area contributed by atoms with E-state index in [9.17, 15) is 14.0 Å². The van der Waals surface area contributed by atoms with Crippen molar-refractivity contribution in [3.05, 3.63) is 71.0 Å². The molecule has 2 aromatic carbocycles. The van der Waals surface area contributed by atoms with E-state index < -0.39 is 29.7 Å². The van der Waals surface area contributed by atoms with Crippen LogP contribution in [0.5, 0.6) is 0 Å². The maximum atomic E-state index is 14.5.